The molecule has 32 heavy (non-hydrogen) atoms. The molecule has 1 N–H and O–H groups in total. The third-order valence-corrected chi connectivity index (χ3v) is 5.51. The molecule has 2 aromatic heterocycles. The number of nitrogens with one attached hydrogen (secondary N) is 1. The van der Waals surface area contributed by atoms with E-state index in [1.807, 2.05) is 55.1 Å². The van der Waals surface area contributed by atoms with Crippen LogP contribution in [0.1, 0.15) is 23.1 Å². The number of aryl methyl sites for hydroxylation is 2. The molecule has 4 rings (SSSR count). The van der Waals surface area contributed by atoms with Gasteiger partial charge >= 0.3 is 0 Å². The number of hydrogen-bond donors (Lipinski definition) is 1. The Labute approximate surface area is 188 Å². The maximum Gasteiger partial charge on any atom is 0.272 e. The van der Waals surface area contributed by atoms with Gasteiger partial charge in [0.05, 0.1) is 12.8 Å². The van der Waals surface area contributed by atoms with Crippen LogP contribution in [0.15, 0.2) is 36.4 Å². The lowest BCUT2D eigenvalue weighted by Crippen LogP contribution is -2.49. The van der Waals surface area contributed by atoms with Crippen LogP contribution in [0.25, 0.3) is 11.3 Å². The molecule has 1 saturated heterocycles. The van der Waals surface area contributed by atoms with Gasteiger partial charge in [-0.25, -0.2) is 4.98 Å². The highest BCUT2D eigenvalue weighted by Gasteiger charge is 2.26. The molecule has 0 unspecified atom stereocenters. The van der Waals surface area contributed by atoms with Gasteiger partial charge in [0, 0.05) is 57.1 Å². The Bertz CT molecular complexity index is 1100. The van der Waals surface area contributed by atoms with Crippen molar-refractivity contribution in [2.75, 3.05) is 50.1 Å². The molecule has 1 aliphatic rings. The van der Waals surface area contributed by atoms with Gasteiger partial charge in [0.1, 0.15) is 17.3 Å². The van der Waals surface area contributed by atoms with Crippen molar-refractivity contribution in [2.45, 2.75) is 13.8 Å². The lowest BCUT2D eigenvalue weighted by molar-refractivity contribution is 0.0735. The van der Waals surface area contributed by atoms with Crippen LogP contribution in [0.5, 0.6) is 5.75 Å². The van der Waals surface area contributed by atoms with Gasteiger partial charge in [-0.15, -0.1) is 0 Å². The van der Waals surface area contributed by atoms with Crippen LogP contribution in [0.4, 0.5) is 11.8 Å². The highest BCUT2D eigenvalue weighted by molar-refractivity contribution is 5.94. The Morgan fingerprint density at radius 3 is 2.62 bits per heavy atom. The molecule has 168 valence electrons. The number of aromatic nitrogens is 4. The van der Waals surface area contributed by atoms with E-state index in [2.05, 4.69) is 25.3 Å². The van der Waals surface area contributed by atoms with E-state index in [0.29, 0.717) is 37.8 Å². The zero-order valence-corrected chi connectivity index (χ0v) is 19.0. The molecule has 3 aromatic rings. The van der Waals surface area contributed by atoms with Gasteiger partial charge < -0.3 is 19.9 Å². The van der Waals surface area contributed by atoms with Crippen molar-refractivity contribution in [3.63, 3.8) is 0 Å². The van der Waals surface area contributed by atoms with Gasteiger partial charge in [-0.3, -0.25) is 9.48 Å². The maximum absolute atomic E-state index is 13.2. The third-order valence-electron chi connectivity index (χ3n) is 5.51. The predicted molar refractivity (Wildman–Crippen MR) is 124 cm³/mol. The fourth-order valence-corrected chi connectivity index (χ4v) is 3.83. The largest absolute Gasteiger partial charge is 0.497 e. The van der Waals surface area contributed by atoms with Crippen molar-refractivity contribution in [3.8, 4) is 17.0 Å². The van der Waals surface area contributed by atoms with Crippen molar-refractivity contribution >= 4 is 17.7 Å². The molecular formula is C23H29N7O2. The first-order chi connectivity index (χ1) is 15.5. The van der Waals surface area contributed by atoms with Crippen molar-refractivity contribution < 1.29 is 9.53 Å². The number of amides is 1. The Balaban J connectivity index is 1.45. The molecule has 9 heteroatoms. The molecule has 1 aromatic carbocycles. The van der Waals surface area contributed by atoms with Crippen molar-refractivity contribution in [1.82, 2.24) is 24.6 Å². The summed E-state index contributed by atoms with van der Waals surface area (Å²) < 4.78 is 6.95. The molecular weight excluding hydrogens is 406 g/mol. The monoisotopic (exact) mass is 435 g/mol. The van der Waals surface area contributed by atoms with Crippen LogP contribution in [0, 0.1) is 6.92 Å². The summed E-state index contributed by atoms with van der Waals surface area (Å²) in [5.74, 6) is 2.27. The van der Waals surface area contributed by atoms with Gasteiger partial charge in [0.15, 0.2) is 0 Å². The van der Waals surface area contributed by atoms with Gasteiger partial charge in [0.25, 0.3) is 5.91 Å². The third kappa shape index (κ3) is 4.51. The Morgan fingerprint density at radius 2 is 1.91 bits per heavy atom. The average molecular weight is 436 g/mol. The average Bonchev–Trinajstić information content (AvgIpc) is 3.20. The predicted octanol–water partition coefficient (Wildman–Crippen LogP) is 2.59. The molecule has 3 heterocycles. The number of hydrogen-bond acceptors (Lipinski definition) is 7. The zero-order valence-electron chi connectivity index (χ0n) is 19.0. The number of anilines is 2. The molecule has 0 radical (unpaired) electrons. The summed E-state index contributed by atoms with van der Waals surface area (Å²) in [6, 6.07) is 11.5. The lowest BCUT2D eigenvalue weighted by atomic mass is 10.1. The van der Waals surface area contributed by atoms with Crippen LogP contribution < -0.4 is 15.0 Å². The summed E-state index contributed by atoms with van der Waals surface area (Å²) in [7, 11) is 3.44. The summed E-state index contributed by atoms with van der Waals surface area (Å²) >= 11 is 0. The van der Waals surface area contributed by atoms with Crippen molar-refractivity contribution in [2.24, 2.45) is 7.05 Å². The number of piperazine rings is 1. The molecule has 0 aliphatic carbocycles. The fraction of sp³-hybridized carbons (Fsp3) is 0.391. The van der Waals surface area contributed by atoms with E-state index in [1.165, 1.54) is 0 Å². The van der Waals surface area contributed by atoms with Gasteiger partial charge in [-0.2, -0.15) is 10.1 Å². The molecule has 0 spiro atoms. The van der Waals surface area contributed by atoms with Crippen molar-refractivity contribution in [3.05, 3.63) is 47.8 Å². The number of ether oxygens (including phenoxy) is 1. The Morgan fingerprint density at radius 1 is 1.12 bits per heavy atom. The van der Waals surface area contributed by atoms with E-state index in [4.69, 9.17) is 4.74 Å². The normalized spacial score (nSPS) is 13.9. The minimum Gasteiger partial charge on any atom is -0.497 e. The van der Waals surface area contributed by atoms with Crippen LogP contribution >= 0.6 is 0 Å². The summed E-state index contributed by atoms with van der Waals surface area (Å²) in [4.78, 5) is 26.4. The van der Waals surface area contributed by atoms with Crippen LogP contribution in [0.3, 0.4) is 0 Å². The van der Waals surface area contributed by atoms with Gasteiger partial charge in [-0.05, 0) is 32.0 Å². The number of benzene rings is 1. The molecule has 1 fully saturated rings. The molecule has 0 saturated carbocycles. The molecule has 9 nitrogen and oxygen atoms in total. The molecule has 1 aliphatic heterocycles. The smallest absolute Gasteiger partial charge is 0.272 e. The van der Waals surface area contributed by atoms with Gasteiger partial charge in [-0.1, -0.05) is 12.1 Å². The summed E-state index contributed by atoms with van der Waals surface area (Å²) in [6.45, 7) is 7.38. The second-order valence-electron chi connectivity index (χ2n) is 7.77. The molecule has 0 atom stereocenters. The van der Waals surface area contributed by atoms with E-state index in [9.17, 15) is 4.79 Å². The zero-order chi connectivity index (χ0) is 22.7. The van der Waals surface area contributed by atoms with E-state index >= 15 is 0 Å². The van der Waals surface area contributed by atoms with E-state index < -0.39 is 0 Å². The first-order valence-corrected chi connectivity index (χ1v) is 10.8. The summed E-state index contributed by atoms with van der Waals surface area (Å²) in [5, 5.41) is 7.79. The highest BCUT2D eigenvalue weighted by atomic mass is 16.5. The summed E-state index contributed by atoms with van der Waals surface area (Å²) in [5.41, 5.74) is 3.15. The van der Waals surface area contributed by atoms with Gasteiger partial charge in [0.2, 0.25) is 5.95 Å². The number of rotatable bonds is 6. The molecule has 0 bridgehead atoms. The standard InChI is InChI=1S/C23H29N7O2/c1-5-24-21-13-16(2)25-23(26-21)30-11-9-29(10-12-30)22(31)20-15-19(27-28(20)3)17-7-6-8-18(14-17)32-4/h6-8,13-15H,5,9-12H2,1-4H3,(H,24,25,26). The van der Waals surface area contributed by atoms with E-state index in [1.54, 1.807) is 18.8 Å². The Hall–Kier alpha value is -3.62. The maximum atomic E-state index is 13.2. The highest BCUT2D eigenvalue weighted by Crippen LogP contribution is 2.24. The van der Waals surface area contributed by atoms with E-state index in [-0.39, 0.29) is 5.91 Å². The van der Waals surface area contributed by atoms with Crippen LogP contribution in [-0.2, 0) is 7.05 Å². The molecule has 1 amide bonds. The quantitative estimate of drug-likeness (QED) is 0.637. The second kappa shape index (κ2) is 9.25. The number of carbonyl (C=O) groups excluding carboxylic acids is 1. The van der Waals surface area contributed by atoms with E-state index in [0.717, 1.165) is 35.1 Å². The number of carbonyl (C=O) groups is 1. The SMILES string of the molecule is CCNc1cc(C)nc(N2CCN(C(=O)c3cc(-c4cccc(OC)c4)nn3C)CC2)n1. The fourth-order valence-electron chi connectivity index (χ4n) is 3.83. The first-order valence-electron chi connectivity index (χ1n) is 10.8. The number of nitrogens with zero attached hydrogens (tertiary/aromatic N) is 6. The summed E-state index contributed by atoms with van der Waals surface area (Å²) in [6.07, 6.45) is 0. The topological polar surface area (TPSA) is 88.4 Å². The number of methoxy groups -OCH3 is 1. The lowest BCUT2D eigenvalue weighted by Gasteiger charge is -2.34. The minimum absolute atomic E-state index is 0.0210. The van der Waals surface area contributed by atoms with Crippen LogP contribution in [-0.4, -0.2) is 70.4 Å². The second-order valence-corrected chi connectivity index (χ2v) is 7.77. The van der Waals surface area contributed by atoms with Crippen LogP contribution in [0.2, 0.25) is 0 Å². The van der Waals surface area contributed by atoms with Crippen molar-refractivity contribution in [1.29, 1.82) is 0 Å². The first kappa shape index (κ1) is 21.6. The Kier molecular flexibility index (Phi) is 6.25. The minimum atomic E-state index is -0.0210.